The summed E-state index contributed by atoms with van der Waals surface area (Å²) in [4.78, 5) is 0. The first-order valence-electron chi connectivity index (χ1n) is 10.5. The molecule has 2 aliphatic rings. The minimum atomic E-state index is -0.317. The summed E-state index contributed by atoms with van der Waals surface area (Å²) in [7, 11) is -0.316. The number of benzene rings is 3. The number of hydrogen-bond donors (Lipinski definition) is 0. The summed E-state index contributed by atoms with van der Waals surface area (Å²) in [5.41, 5.74) is 5.71. The van der Waals surface area contributed by atoms with Gasteiger partial charge in [-0.25, -0.2) is 0 Å². The Hall–Kier alpha value is -2.36. The first kappa shape index (κ1) is 18.7. The number of aryl methyl sites for hydroxylation is 1. The van der Waals surface area contributed by atoms with Crippen molar-refractivity contribution in [3.05, 3.63) is 71.8 Å². The molecule has 29 heavy (non-hydrogen) atoms. The lowest BCUT2D eigenvalue weighted by molar-refractivity contribution is 0.00578. The normalized spacial score (nSPS) is 19.5. The van der Waals surface area contributed by atoms with Gasteiger partial charge in [0.1, 0.15) is 0 Å². The first-order valence-corrected chi connectivity index (χ1v) is 10.5. The van der Waals surface area contributed by atoms with Crippen LogP contribution >= 0.6 is 0 Å². The highest BCUT2D eigenvalue weighted by Gasteiger charge is 2.51. The minimum Gasteiger partial charge on any atom is -0.399 e. The molecule has 2 nitrogen and oxygen atoms in total. The van der Waals surface area contributed by atoms with Crippen molar-refractivity contribution in [1.29, 1.82) is 0 Å². The van der Waals surface area contributed by atoms with Crippen LogP contribution in [0.25, 0.3) is 28.0 Å². The Bertz CT molecular complexity index is 1090. The molecule has 0 aromatic heterocycles. The van der Waals surface area contributed by atoms with Crippen molar-refractivity contribution in [3.8, 4) is 11.1 Å². The summed E-state index contributed by atoms with van der Waals surface area (Å²) in [5, 5.41) is 2.64. The van der Waals surface area contributed by atoms with Crippen LogP contribution < -0.4 is 5.46 Å². The second-order valence-corrected chi connectivity index (χ2v) is 9.23. The van der Waals surface area contributed by atoms with Crippen molar-refractivity contribution in [2.75, 3.05) is 0 Å². The van der Waals surface area contributed by atoms with Gasteiger partial charge in [0.25, 0.3) is 0 Å². The van der Waals surface area contributed by atoms with E-state index in [-0.39, 0.29) is 18.3 Å². The average molecular weight is 382 g/mol. The van der Waals surface area contributed by atoms with E-state index in [4.69, 9.17) is 9.31 Å². The Morgan fingerprint density at radius 3 is 2.21 bits per heavy atom. The third-order valence-electron chi connectivity index (χ3n) is 6.79. The van der Waals surface area contributed by atoms with Crippen LogP contribution in [0.1, 0.15) is 45.2 Å². The van der Waals surface area contributed by atoms with Crippen molar-refractivity contribution >= 4 is 29.4 Å². The van der Waals surface area contributed by atoms with Gasteiger partial charge < -0.3 is 9.31 Å². The van der Waals surface area contributed by atoms with Crippen LogP contribution in [0.15, 0.2) is 60.7 Å². The molecule has 1 aliphatic carbocycles. The van der Waals surface area contributed by atoms with Crippen LogP contribution in [0, 0.1) is 0 Å². The van der Waals surface area contributed by atoms with Gasteiger partial charge in [-0.05, 0) is 85.1 Å². The van der Waals surface area contributed by atoms with Crippen LogP contribution in [-0.2, 0) is 15.7 Å². The smallest absolute Gasteiger partial charge is 0.399 e. The monoisotopic (exact) mass is 382 g/mol. The third kappa shape index (κ3) is 3.13. The van der Waals surface area contributed by atoms with Gasteiger partial charge in [-0.15, -0.1) is 0 Å². The molecule has 0 unspecified atom stereocenters. The molecule has 1 fully saturated rings. The molecule has 3 aromatic carbocycles. The number of hydrogen-bond acceptors (Lipinski definition) is 2. The van der Waals surface area contributed by atoms with Gasteiger partial charge in [0.15, 0.2) is 0 Å². The largest absolute Gasteiger partial charge is 0.494 e. The Morgan fingerprint density at radius 2 is 1.48 bits per heavy atom. The molecule has 0 amide bonds. The molecule has 5 rings (SSSR count). The zero-order chi connectivity index (χ0) is 20.2. The summed E-state index contributed by atoms with van der Waals surface area (Å²) in [5.74, 6) is 0. The standard InChI is InChI=1S/C26H27BO2/c1-25(2)26(3,4)29-27(28-25)22-14-11-18(12-15-22)20-13-16-24-21(17-20)10-9-19-7-5-6-8-23(19)24/h6,8-17H,5,7H2,1-4H3. The van der Waals surface area contributed by atoms with Crippen molar-refractivity contribution in [3.63, 3.8) is 0 Å². The fourth-order valence-corrected chi connectivity index (χ4v) is 4.25. The predicted octanol–water partition coefficient (Wildman–Crippen LogP) is 5.77. The van der Waals surface area contributed by atoms with E-state index in [9.17, 15) is 0 Å². The summed E-state index contributed by atoms with van der Waals surface area (Å²) < 4.78 is 12.4. The Balaban J connectivity index is 1.45. The predicted molar refractivity (Wildman–Crippen MR) is 122 cm³/mol. The van der Waals surface area contributed by atoms with E-state index in [0.29, 0.717) is 0 Å². The number of allylic oxidation sites excluding steroid dienone is 1. The SMILES string of the molecule is CC1(C)OB(c2ccc(-c3ccc4c5c(ccc4c3)CCC=C5)cc2)OC1(C)C. The van der Waals surface area contributed by atoms with Crippen LogP contribution in [-0.4, -0.2) is 18.3 Å². The maximum atomic E-state index is 6.18. The lowest BCUT2D eigenvalue weighted by Crippen LogP contribution is -2.41. The fraction of sp³-hybridized carbons (Fsp3) is 0.308. The zero-order valence-electron chi connectivity index (χ0n) is 17.7. The average Bonchev–Trinajstić information content (AvgIpc) is 2.94. The van der Waals surface area contributed by atoms with Gasteiger partial charge in [0, 0.05) is 0 Å². The molecule has 1 aliphatic heterocycles. The fourth-order valence-electron chi connectivity index (χ4n) is 4.25. The molecule has 3 heteroatoms. The maximum Gasteiger partial charge on any atom is 0.494 e. The molecule has 3 aromatic rings. The van der Waals surface area contributed by atoms with E-state index < -0.39 is 0 Å². The third-order valence-corrected chi connectivity index (χ3v) is 6.79. The minimum absolute atomic E-state index is 0.316. The number of rotatable bonds is 2. The van der Waals surface area contributed by atoms with Gasteiger partial charge in [-0.3, -0.25) is 0 Å². The van der Waals surface area contributed by atoms with Gasteiger partial charge in [0.05, 0.1) is 11.2 Å². The molecule has 0 bridgehead atoms. The van der Waals surface area contributed by atoms with E-state index >= 15 is 0 Å². The summed E-state index contributed by atoms with van der Waals surface area (Å²) in [6, 6.07) is 19.9. The van der Waals surface area contributed by atoms with E-state index in [0.717, 1.165) is 18.3 Å². The molecule has 0 radical (unpaired) electrons. The molecule has 0 saturated carbocycles. The topological polar surface area (TPSA) is 18.5 Å². The van der Waals surface area contributed by atoms with Crippen LogP contribution in [0.2, 0.25) is 0 Å². The van der Waals surface area contributed by atoms with E-state index in [2.05, 4.69) is 94.4 Å². The van der Waals surface area contributed by atoms with Gasteiger partial charge >= 0.3 is 7.12 Å². The maximum absolute atomic E-state index is 6.18. The lowest BCUT2D eigenvalue weighted by atomic mass is 9.78. The summed E-state index contributed by atoms with van der Waals surface area (Å²) >= 11 is 0. The molecule has 1 heterocycles. The molecule has 146 valence electrons. The van der Waals surface area contributed by atoms with Gasteiger partial charge in [-0.2, -0.15) is 0 Å². The molecule has 0 spiro atoms. The van der Waals surface area contributed by atoms with Crippen molar-refractivity contribution in [1.82, 2.24) is 0 Å². The first-order chi connectivity index (χ1) is 13.8. The van der Waals surface area contributed by atoms with Crippen LogP contribution in [0.5, 0.6) is 0 Å². The van der Waals surface area contributed by atoms with Crippen molar-refractivity contribution in [2.45, 2.75) is 51.7 Å². The Kier molecular flexibility index (Phi) is 4.24. The molecular weight excluding hydrogens is 355 g/mol. The highest BCUT2D eigenvalue weighted by Crippen LogP contribution is 2.37. The highest BCUT2D eigenvalue weighted by atomic mass is 16.7. The summed E-state index contributed by atoms with van der Waals surface area (Å²) in [6.07, 6.45) is 6.85. The van der Waals surface area contributed by atoms with Gasteiger partial charge in [-0.1, -0.05) is 60.7 Å². The van der Waals surface area contributed by atoms with Crippen LogP contribution in [0.4, 0.5) is 0 Å². The molecule has 0 atom stereocenters. The zero-order valence-corrected chi connectivity index (χ0v) is 17.7. The van der Waals surface area contributed by atoms with E-state index in [1.54, 1.807) is 0 Å². The van der Waals surface area contributed by atoms with Crippen molar-refractivity contribution < 1.29 is 9.31 Å². The second-order valence-electron chi connectivity index (χ2n) is 9.23. The quantitative estimate of drug-likeness (QED) is 0.524. The van der Waals surface area contributed by atoms with Gasteiger partial charge in [0.2, 0.25) is 0 Å². The van der Waals surface area contributed by atoms with Crippen molar-refractivity contribution in [2.24, 2.45) is 0 Å². The molecule has 0 N–H and O–H groups in total. The lowest BCUT2D eigenvalue weighted by Gasteiger charge is -2.32. The summed E-state index contributed by atoms with van der Waals surface area (Å²) in [6.45, 7) is 8.35. The van der Waals surface area contributed by atoms with E-state index in [1.165, 1.54) is 33.0 Å². The molecule has 1 saturated heterocycles. The Morgan fingerprint density at radius 1 is 0.793 bits per heavy atom. The second kappa shape index (κ2) is 6.58. The highest BCUT2D eigenvalue weighted by molar-refractivity contribution is 6.62. The number of fused-ring (bicyclic) bond motifs is 3. The Labute approximate surface area is 173 Å². The molecular formula is C26H27BO2. The van der Waals surface area contributed by atoms with E-state index in [1.807, 2.05) is 0 Å². The van der Waals surface area contributed by atoms with Crippen LogP contribution in [0.3, 0.4) is 0 Å².